The molecule has 0 aliphatic rings. The van der Waals surface area contributed by atoms with Crippen molar-refractivity contribution in [2.75, 3.05) is 23.0 Å². The van der Waals surface area contributed by atoms with Gasteiger partial charge in [-0.15, -0.1) is 0 Å². The van der Waals surface area contributed by atoms with E-state index in [-0.39, 0.29) is 58.4 Å². The molecule has 4 nitrogen and oxygen atoms in total. The van der Waals surface area contributed by atoms with Gasteiger partial charge in [0.15, 0.2) is 0 Å². The SMILES string of the molecule is CCCCCCCCCS(CCCCCCCCC)=P([O-])([O-])[S-].CCCCCCCCCS(CCCCCCCCC)=P([O-])([O-])[S-].[Zn+2].[Zn+2].[Zn+2]. The molecule has 0 radical (unpaired) electrons. The topological polar surface area (TPSA) is 92.2 Å². The van der Waals surface area contributed by atoms with Crippen LogP contribution in [0.25, 0.3) is 0 Å². The van der Waals surface area contributed by atoms with E-state index in [9.17, 15) is 19.6 Å². The quantitative estimate of drug-likeness (QED) is 0.0289. The van der Waals surface area contributed by atoms with Crippen molar-refractivity contribution in [1.29, 1.82) is 0 Å². The predicted molar refractivity (Wildman–Crippen MR) is 215 cm³/mol. The van der Waals surface area contributed by atoms with Crippen molar-refractivity contribution < 1.29 is 78.0 Å². The van der Waals surface area contributed by atoms with Crippen molar-refractivity contribution in [3.8, 4) is 0 Å². The van der Waals surface area contributed by atoms with Gasteiger partial charge in [-0.3, -0.25) is 0 Å². The Bertz CT molecular complexity index is 654. The molecule has 284 valence electrons. The van der Waals surface area contributed by atoms with Gasteiger partial charge in [0, 0.05) is 0 Å². The van der Waals surface area contributed by atoms with Crippen LogP contribution in [0, 0.1) is 0 Å². The molecule has 0 aromatic carbocycles. The van der Waals surface area contributed by atoms with Crippen LogP contribution in [0.5, 0.6) is 0 Å². The summed E-state index contributed by atoms with van der Waals surface area (Å²) in [5, 5.41) is 0. The van der Waals surface area contributed by atoms with Gasteiger partial charge < -0.3 is 55.5 Å². The maximum atomic E-state index is 11.8. The Balaban J connectivity index is -0.000000248. The molecular formula is C36H76O4P2S4Zn3. The van der Waals surface area contributed by atoms with Crippen LogP contribution in [-0.2, 0) is 103 Å². The summed E-state index contributed by atoms with van der Waals surface area (Å²) in [6.07, 6.45) is 34.6. The molecule has 0 rings (SSSR count). The molecule has 0 N–H and O–H groups in total. The summed E-state index contributed by atoms with van der Waals surface area (Å²) in [5.41, 5.74) is -7.09. The first-order valence-corrected chi connectivity index (χ1v) is 29.1. The summed E-state index contributed by atoms with van der Waals surface area (Å²) in [6, 6.07) is 0. The third-order valence-corrected chi connectivity index (χ3v) is 22.7. The molecular weight excluding hydrogens is 883 g/mol. The standard InChI is InChI=1S/2C18H38O2PS2.3Zn/c2*1-3-5-7-9-11-13-15-17-23(21(19,20)22)18-16-14-12-10-8-6-4-2;;;/h2*3-18H2,1-2H3;;;/q2*-3;3*+2. The molecule has 0 heterocycles. The second-order valence-electron chi connectivity index (χ2n) is 13.1. The van der Waals surface area contributed by atoms with Crippen molar-refractivity contribution in [3.63, 3.8) is 0 Å². The van der Waals surface area contributed by atoms with Gasteiger partial charge in [0.1, 0.15) is 0 Å². The summed E-state index contributed by atoms with van der Waals surface area (Å²) in [4.78, 5) is 47.2. The smallest absolute Gasteiger partial charge is 0.854 e. The van der Waals surface area contributed by atoms with Gasteiger partial charge in [-0.2, -0.15) is 0 Å². The van der Waals surface area contributed by atoms with Crippen LogP contribution < -0.4 is 19.6 Å². The fourth-order valence-electron chi connectivity index (χ4n) is 5.55. The summed E-state index contributed by atoms with van der Waals surface area (Å²) < 4.78 is 0. The third kappa shape index (κ3) is 48.0. The number of hydrogen-bond acceptors (Lipinski definition) is 6. The van der Waals surface area contributed by atoms with Crippen molar-refractivity contribution in [3.05, 3.63) is 0 Å². The molecule has 0 aromatic heterocycles. The molecule has 0 aromatic rings. The Labute approximate surface area is 361 Å². The zero-order chi connectivity index (χ0) is 34.8. The van der Waals surface area contributed by atoms with Crippen LogP contribution in [-0.4, -0.2) is 23.0 Å². The Morgan fingerprint density at radius 1 is 0.306 bits per heavy atom. The van der Waals surface area contributed by atoms with Gasteiger partial charge in [0.05, 0.1) is 0 Å². The second kappa shape index (κ2) is 46.4. The maximum Gasteiger partial charge on any atom is 2.00 e. The van der Waals surface area contributed by atoms with Crippen molar-refractivity contribution in [1.82, 2.24) is 0 Å². The average Bonchev–Trinajstić information content (AvgIpc) is 3.00. The summed E-state index contributed by atoms with van der Waals surface area (Å²) >= 11 is 9.58. The Kier molecular flexibility index (Phi) is 58.8. The minimum atomic E-state index is -3.55. The Morgan fingerprint density at radius 3 is 0.592 bits per heavy atom. The van der Waals surface area contributed by atoms with Crippen LogP contribution in [0.1, 0.15) is 207 Å². The van der Waals surface area contributed by atoms with Gasteiger partial charge in [-0.05, 0) is 48.7 Å². The first-order valence-electron chi connectivity index (χ1n) is 19.4. The van der Waals surface area contributed by atoms with E-state index >= 15 is 0 Å². The molecule has 0 aliphatic carbocycles. The Hall–Kier alpha value is 3.97. The third-order valence-electron chi connectivity index (χ3n) is 8.57. The fraction of sp³-hybridized carbons (Fsp3) is 1.00. The zero-order valence-electron chi connectivity index (χ0n) is 32.9. The first-order chi connectivity index (χ1) is 22.0. The molecule has 0 atom stereocenters. The second-order valence-corrected chi connectivity index (χ2v) is 28.6. The minimum Gasteiger partial charge on any atom is -0.854 e. The average molecular weight is 959 g/mol. The monoisotopic (exact) mass is 954 g/mol. The van der Waals surface area contributed by atoms with Crippen molar-refractivity contribution >= 4 is 56.0 Å². The van der Waals surface area contributed by atoms with Crippen LogP contribution in [0.15, 0.2) is 0 Å². The number of rotatable bonds is 32. The van der Waals surface area contributed by atoms with E-state index in [2.05, 4.69) is 27.7 Å². The normalized spacial score (nSPS) is 11.5. The van der Waals surface area contributed by atoms with Gasteiger partial charge in [0.2, 0.25) is 0 Å². The first kappa shape index (κ1) is 62.2. The largest absolute Gasteiger partial charge is 2.00 e. The number of hydrogen-bond donors (Lipinski definition) is 0. The van der Waals surface area contributed by atoms with Crippen molar-refractivity contribution in [2.24, 2.45) is 0 Å². The van der Waals surface area contributed by atoms with E-state index in [4.69, 9.17) is 24.5 Å². The van der Waals surface area contributed by atoms with Crippen LogP contribution >= 0.6 is 11.4 Å². The molecule has 0 saturated heterocycles. The summed E-state index contributed by atoms with van der Waals surface area (Å²) in [5.74, 6) is 3.25. The van der Waals surface area contributed by atoms with Gasteiger partial charge in [-0.1, -0.05) is 182 Å². The molecule has 0 saturated carbocycles. The molecule has 0 aliphatic heterocycles. The molecule has 0 amide bonds. The maximum absolute atomic E-state index is 11.8. The Morgan fingerprint density at radius 2 is 0.449 bits per heavy atom. The van der Waals surface area contributed by atoms with E-state index in [1.807, 2.05) is 0 Å². The molecule has 0 bridgehead atoms. The van der Waals surface area contributed by atoms with E-state index in [1.165, 1.54) is 154 Å². The minimum absolute atomic E-state index is 0. The van der Waals surface area contributed by atoms with Gasteiger partial charge in [0.25, 0.3) is 0 Å². The van der Waals surface area contributed by atoms with E-state index in [0.29, 0.717) is 0 Å². The molecule has 13 heteroatoms. The molecule has 0 fully saturated rings. The van der Waals surface area contributed by atoms with Crippen molar-refractivity contribution in [2.45, 2.75) is 207 Å². The van der Waals surface area contributed by atoms with Gasteiger partial charge in [-0.25, -0.2) is 20.1 Å². The van der Waals surface area contributed by atoms with E-state index in [0.717, 1.165) is 48.7 Å². The van der Waals surface area contributed by atoms with Gasteiger partial charge >= 0.3 is 58.4 Å². The van der Waals surface area contributed by atoms with Crippen LogP contribution in [0.2, 0.25) is 0 Å². The van der Waals surface area contributed by atoms with Crippen LogP contribution in [0.3, 0.4) is 0 Å². The summed E-state index contributed by atoms with van der Waals surface area (Å²) in [7, 11) is -1.09. The molecule has 0 spiro atoms. The van der Waals surface area contributed by atoms with Crippen LogP contribution in [0.4, 0.5) is 0 Å². The molecule has 0 unspecified atom stereocenters. The van der Waals surface area contributed by atoms with E-state index in [1.54, 1.807) is 0 Å². The zero-order valence-corrected chi connectivity index (χ0v) is 46.9. The van der Waals surface area contributed by atoms with E-state index < -0.39 is 31.5 Å². The molecule has 49 heavy (non-hydrogen) atoms. The fourth-order valence-corrected chi connectivity index (χ4v) is 15.9. The summed E-state index contributed by atoms with van der Waals surface area (Å²) in [6.45, 7) is 8.91. The predicted octanol–water partition coefficient (Wildman–Crippen LogP) is 10.1. The number of unbranched alkanes of at least 4 members (excludes halogenated alkanes) is 24.